The highest BCUT2D eigenvalue weighted by Crippen LogP contribution is 2.12. The van der Waals surface area contributed by atoms with E-state index in [1.54, 1.807) is 21.7 Å². The molecule has 0 aliphatic rings. The van der Waals surface area contributed by atoms with Crippen LogP contribution >= 0.6 is 0 Å². The van der Waals surface area contributed by atoms with Crippen LogP contribution in [0.3, 0.4) is 0 Å². The van der Waals surface area contributed by atoms with Gasteiger partial charge in [0.25, 0.3) is 5.91 Å². The van der Waals surface area contributed by atoms with Crippen LogP contribution in [-0.2, 0) is 6.54 Å². The number of hydrogen-bond acceptors (Lipinski definition) is 6. The maximum absolute atomic E-state index is 12.5. The molecule has 130 valence electrons. The van der Waals surface area contributed by atoms with Gasteiger partial charge in [-0.05, 0) is 31.5 Å². The third-order valence-electron chi connectivity index (χ3n) is 3.94. The molecule has 0 aliphatic heterocycles. The van der Waals surface area contributed by atoms with E-state index in [0.29, 0.717) is 23.6 Å². The molecule has 0 aromatic carbocycles. The zero-order valence-corrected chi connectivity index (χ0v) is 14.3. The Hall–Kier alpha value is -3.62. The zero-order chi connectivity index (χ0) is 18.1. The number of hydrogen-bond donors (Lipinski definition) is 1. The monoisotopic (exact) mass is 348 g/mol. The average molecular weight is 348 g/mol. The predicted octanol–water partition coefficient (Wildman–Crippen LogP) is 1.25. The topological polar surface area (TPSA) is 103 Å². The molecule has 0 aliphatic carbocycles. The van der Waals surface area contributed by atoms with Crippen molar-refractivity contribution in [2.75, 3.05) is 0 Å². The van der Waals surface area contributed by atoms with Gasteiger partial charge < -0.3 is 5.32 Å². The Kier molecular flexibility index (Phi) is 3.88. The SMILES string of the molecule is Cc1cc(C)n2ncc(C(=O)NCc3ccc(-n4cncn4)nc3)c2n1. The first-order valence-electron chi connectivity index (χ1n) is 8.02. The number of carbonyl (C=O) groups is 1. The van der Waals surface area contributed by atoms with Gasteiger partial charge in [0.05, 0.1) is 6.20 Å². The molecule has 0 bridgehead atoms. The van der Waals surface area contributed by atoms with Gasteiger partial charge >= 0.3 is 0 Å². The van der Waals surface area contributed by atoms with E-state index >= 15 is 0 Å². The van der Waals surface area contributed by atoms with Gasteiger partial charge in [-0.2, -0.15) is 10.2 Å². The van der Waals surface area contributed by atoms with E-state index in [-0.39, 0.29) is 5.91 Å². The van der Waals surface area contributed by atoms with E-state index in [2.05, 4.69) is 30.5 Å². The van der Waals surface area contributed by atoms with E-state index in [1.807, 2.05) is 32.0 Å². The van der Waals surface area contributed by atoms with Crippen molar-refractivity contribution < 1.29 is 4.79 Å². The van der Waals surface area contributed by atoms with Crippen molar-refractivity contribution in [3.8, 4) is 5.82 Å². The quantitative estimate of drug-likeness (QED) is 0.595. The Labute approximate surface area is 148 Å². The summed E-state index contributed by atoms with van der Waals surface area (Å²) in [6, 6.07) is 5.62. The van der Waals surface area contributed by atoms with Crippen LogP contribution < -0.4 is 5.32 Å². The Morgan fingerprint density at radius 2 is 2.08 bits per heavy atom. The smallest absolute Gasteiger partial charge is 0.257 e. The summed E-state index contributed by atoms with van der Waals surface area (Å²) in [5.41, 5.74) is 3.65. The molecule has 26 heavy (non-hydrogen) atoms. The summed E-state index contributed by atoms with van der Waals surface area (Å²) in [5, 5.41) is 11.1. The maximum atomic E-state index is 12.5. The third-order valence-corrected chi connectivity index (χ3v) is 3.94. The largest absolute Gasteiger partial charge is 0.348 e. The molecule has 0 saturated heterocycles. The molecule has 0 unspecified atom stereocenters. The van der Waals surface area contributed by atoms with Gasteiger partial charge in [0.15, 0.2) is 11.5 Å². The molecule has 9 nitrogen and oxygen atoms in total. The van der Waals surface area contributed by atoms with Gasteiger partial charge in [-0.3, -0.25) is 4.79 Å². The first kappa shape index (κ1) is 15.9. The highest BCUT2D eigenvalue weighted by atomic mass is 16.1. The number of aryl methyl sites for hydroxylation is 2. The lowest BCUT2D eigenvalue weighted by Gasteiger charge is -2.06. The van der Waals surface area contributed by atoms with Gasteiger partial charge in [0.1, 0.15) is 18.2 Å². The summed E-state index contributed by atoms with van der Waals surface area (Å²) in [6.45, 7) is 4.17. The van der Waals surface area contributed by atoms with Gasteiger partial charge in [-0.15, -0.1) is 0 Å². The average Bonchev–Trinajstić information content (AvgIpc) is 3.30. The fourth-order valence-electron chi connectivity index (χ4n) is 2.69. The Bertz CT molecular complexity index is 1070. The highest BCUT2D eigenvalue weighted by Gasteiger charge is 2.15. The van der Waals surface area contributed by atoms with Crippen LogP contribution in [0.2, 0.25) is 0 Å². The second-order valence-corrected chi connectivity index (χ2v) is 5.88. The first-order chi connectivity index (χ1) is 12.6. The standard InChI is InChI=1S/C17H16N8O/c1-11-5-12(2)25-16(23-11)14(8-21-25)17(26)20-7-13-3-4-15(19-6-13)24-10-18-9-22-24/h3-6,8-10H,7H2,1-2H3,(H,20,26). The van der Waals surface area contributed by atoms with Gasteiger partial charge in [0, 0.05) is 24.1 Å². The number of pyridine rings is 1. The van der Waals surface area contributed by atoms with E-state index in [1.165, 1.54) is 12.5 Å². The number of amides is 1. The number of fused-ring (bicyclic) bond motifs is 1. The van der Waals surface area contributed by atoms with Gasteiger partial charge in [-0.25, -0.2) is 24.1 Å². The lowest BCUT2D eigenvalue weighted by Crippen LogP contribution is -2.23. The first-order valence-corrected chi connectivity index (χ1v) is 8.02. The Balaban J connectivity index is 1.49. The third kappa shape index (κ3) is 2.90. The van der Waals surface area contributed by atoms with Crippen LogP contribution in [0.1, 0.15) is 27.3 Å². The molecular weight excluding hydrogens is 332 g/mol. The van der Waals surface area contributed by atoms with Crippen molar-refractivity contribution in [3.05, 3.63) is 65.8 Å². The molecule has 4 aromatic heterocycles. The van der Waals surface area contributed by atoms with Crippen LogP contribution in [0.5, 0.6) is 0 Å². The summed E-state index contributed by atoms with van der Waals surface area (Å²) in [6.07, 6.45) is 6.26. The lowest BCUT2D eigenvalue weighted by molar-refractivity contribution is 0.0952. The number of nitrogens with zero attached hydrogens (tertiary/aromatic N) is 7. The summed E-state index contributed by atoms with van der Waals surface area (Å²) >= 11 is 0. The lowest BCUT2D eigenvalue weighted by atomic mass is 10.2. The molecule has 0 radical (unpaired) electrons. The van der Waals surface area contributed by atoms with Crippen molar-refractivity contribution in [2.45, 2.75) is 20.4 Å². The molecular formula is C17H16N8O. The minimum absolute atomic E-state index is 0.224. The molecule has 4 rings (SSSR count). The summed E-state index contributed by atoms with van der Waals surface area (Å²) in [5.74, 6) is 0.438. The Morgan fingerprint density at radius 1 is 1.19 bits per heavy atom. The highest BCUT2D eigenvalue weighted by molar-refractivity contribution is 5.99. The molecule has 1 amide bonds. The van der Waals surface area contributed by atoms with Crippen molar-refractivity contribution in [1.29, 1.82) is 0 Å². The van der Waals surface area contributed by atoms with Crippen molar-refractivity contribution in [3.63, 3.8) is 0 Å². The van der Waals surface area contributed by atoms with E-state index in [0.717, 1.165) is 17.0 Å². The van der Waals surface area contributed by atoms with Crippen LogP contribution in [0, 0.1) is 13.8 Å². The normalized spacial score (nSPS) is 11.0. The van der Waals surface area contributed by atoms with Crippen LogP contribution in [-0.4, -0.2) is 40.3 Å². The van der Waals surface area contributed by atoms with Crippen LogP contribution in [0.4, 0.5) is 0 Å². The minimum atomic E-state index is -0.224. The zero-order valence-electron chi connectivity index (χ0n) is 14.3. The van der Waals surface area contributed by atoms with Crippen molar-refractivity contribution >= 4 is 11.6 Å². The van der Waals surface area contributed by atoms with E-state index in [4.69, 9.17) is 0 Å². The van der Waals surface area contributed by atoms with Crippen molar-refractivity contribution in [1.82, 2.24) is 39.7 Å². The number of carbonyl (C=O) groups excluding carboxylic acids is 1. The predicted molar refractivity (Wildman–Crippen MR) is 92.8 cm³/mol. The van der Waals surface area contributed by atoms with E-state index < -0.39 is 0 Å². The number of aromatic nitrogens is 7. The minimum Gasteiger partial charge on any atom is -0.348 e. The summed E-state index contributed by atoms with van der Waals surface area (Å²) in [4.78, 5) is 25.1. The van der Waals surface area contributed by atoms with Gasteiger partial charge in [0.2, 0.25) is 0 Å². The maximum Gasteiger partial charge on any atom is 0.257 e. The second-order valence-electron chi connectivity index (χ2n) is 5.88. The van der Waals surface area contributed by atoms with E-state index in [9.17, 15) is 4.79 Å². The van der Waals surface area contributed by atoms with Crippen LogP contribution in [0.25, 0.3) is 11.5 Å². The molecule has 0 saturated carbocycles. The van der Waals surface area contributed by atoms with Gasteiger partial charge in [-0.1, -0.05) is 6.07 Å². The van der Waals surface area contributed by atoms with Crippen LogP contribution in [0.15, 0.2) is 43.2 Å². The fraction of sp³-hybridized carbons (Fsp3) is 0.176. The molecule has 0 atom stereocenters. The molecule has 4 aromatic rings. The molecule has 1 N–H and O–H groups in total. The fourth-order valence-corrected chi connectivity index (χ4v) is 2.69. The summed E-state index contributed by atoms with van der Waals surface area (Å²) in [7, 11) is 0. The molecule has 4 heterocycles. The Morgan fingerprint density at radius 3 is 2.81 bits per heavy atom. The number of rotatable bonds is 4. The second kappa shape index (κ2) is 6.36. The molecule has 0 fully saturated rings. The molecule has 9 heteroatoms. The molecule has 0 spiro atoms. The summed E-state index contributed by atoms with van der Waals surface area (Å²) < 4.78 is 3.23. The number of nitrogens with one attached hydrogen (secondary N) is 1. The van der Waals surface area contributed by atoms with Crippen molar-refractivity contribution in [2.24, 2.45) is 0 Å².